The van der Waals surface area contributed by atoms with Crippen molar-refractivity contribution in [1.82, 2.24) is 63.0 Å². The van der Waals surface area contributed by atoms with Crippen molar-refractivity contribution in [3.05, 3.63) is 65.7 Å². The van der Waals surface area contributed by atoms with E-state index in [0.717, 1.165) is 48.3 Å². The van der Waals surface area contributed by atoms with Gasteiger partial charge in [0.15, 0.2) is 0 Å². The van der Waals surface area contributed by atoms with E-state index in [2.05, 4.69) is 73.9 Å². The Bertz CT molecular complexity index is 3270. The van der Waals surface area contributed by atoms with Crippen LogP contribution in [0.5, 0.6) is 5.75 Å². The number of amides is 12. The van der Waals surface area contributed by atoms with Gasteiger partial charge in [0.2, 0.25) is 71.4 Å². The molecule has 3 heterocycles. The Hall–Kier alpha value is -8.09. The molecule has 0 aromatic heterocycles. The number of phenols is 1. The second-order valence-electron chi connectivity index (χ2n) is 29.7. The average molecular weight is 1570 g/mol. The molecule has 3 aliphatic rings. The molecule has 3 aliphatic heterocycles. The Morgan fingerprint density at radius 2 is 1.32 bits per heavy atom. The number of nitrogens with one attached hydrogen (secondary N) is 10. The summed E-state index contributed by atoms with van der Waals surface area (Å²) < 4.78 is 6.24. The first-order valence-electron chi connectivity index (χ1n) is 38.7. The van der Waals surface area contributed by atoms with Gasteiger partial charge in [0.05, 0.1) is 24.9 Å². The minimum Gasteiger partial charge on any atom is -0.508 e. The molecule has 0 saturated carbocycles. The van der Waals surface area contributed by atoms with Gasteiger partial charge in [-0.2, -0.15) is 11.8 Å². The van der Waals surface area contributed by atoms with Crippen molar-refractivity contribution in [2.45, 2.75) is 261 Å². The van der Waals surface area contributed by atoms with E-state index in [-0.39, 0.29) is 88.2 Å². The Kier molecular flexibility index (Phi) is 40.3. The molecule has 3 saturated heterocycles. The number of thioether (sulfide) groups is 1. The van der Waals surface area contributed by atoms with Crippen LogP contribution >= 0.6 is 11.8 Å². The van der Waals surface area contributed by atoms with E-state index in [1.54, 1.807) is 30.3 Å². The second-order valence-corrected chi connectivity index (χ2v) is 30.7. The number of fused-ring (bicyclic) bond motifs is 2. The van der Waals surface area contributed by atoms with Crippen LogP contribution in [0, 0.1) is 17.8 Å². The summed E-state index contributed by atoms with van der Waals surface area (Å²) in [5.74, 6) is -8.44. The predicted octanol–water partition coefficient (Wildman–Crippen LogP) is -1.10. The number of carbonyl (C=O) groups excluding carboxylic acids is 12. The van der Waals surface area contributed by atoms with Crippen molar-refractivity contribution < 1.29 is 92.9 Å². The maximum atomic E-state index is 15.0. The molecule has 110 heavy (non-hydrogen) atoms. The zero-order chi connectivity index (χ0) is 81.1. The molecule has 33 nitrogen and oxygen atoms in total. The highest BCUT2D eigenvalue weighted by Crippen LogP contribution is 2.27. The minimum absolute atomic E-state index is 0.00635. The molecule has 0 aliphatic carbocycles. The molecule has 2 aromatic carbocycles. The molecular formula is C76H122N14O19S. The third-order valence-electron chi connectivity index (χ3n) is 20.2. The normalized spacial score (nSPS) is 23.1. The lowest BCUT2D eigenvalue weighted by Gasteiger charge is -2.34. The van der Waals surface area contributed by atoms with E-state index < -0.39 is 188 Å². The highest BCUT2D eigenvalue weighted by Gasteiger charge is 2.48. The van der Waals surface area contributed by atoms with Crippen molar-refractivity contribution in [2.75, 3.05) is 51.3 Å². The summed E-state index contributed by atoms with van der Waals surface area (Å²) in [6.07, 6.45) is -0.813. The minimum atomic E-state index is -2.30. The Balaban J connectivity index is 1.44. The number of aromatic hydroxyl groups is 1. The molecular weight excluding hydrogens is 1440 g/mol. The van der Waals surface area contributed by atoms with Gasteiger partial charge in [0, 0.05) is 45.4 Å². The Morgan fingerprint density at radius 3 is 1.97 bits per heavy atom. The molecule has 2 aromatic rings. The van der Waals surface area contributed by atoms with Crippen LogP contribution in [0.1, 0.15) is 174 Å². The van der Waals surface area contributed by atoms with Gasteiger partial charge in [-0.15, -0.1) is 0 Å². The Morgan fingerprint density at radius 1 is 0.682 bits per heavy atom. The van der Waals surface area contributed by atoms with Crippen LogP contribution < -0.4 is 64.6 Å². The summed E-state index contributed by atoms with van der Waals surface area (Å²) >= 11 is 1.47. The molecule has 34 heteroatoms. The maximum Gasteiger partial charge on any atom is 0.248 e. The number of phenolic OH excluding ortho intramolecular Hbond substituents is 1. The standard InChI is InChI=1S/C76H122N14O19S/c1-8-45(4)38-46(5)19-14-11-9-10-12-17-23-60(96)82-54-28-29-61(109-35-33-79-67(99)52(78)41-80-68(100)56(39-48-20-15-13-16-21-48)84-71(103)55(37-44(2)3)83-69(101)53(81-43-91)31-36-110-7)85-72(104)57-22-18-34-89(57)76(108)63(59(95)30-32-77)87-74(106)64(66(98)65(97)49-24-26-50(93)27-25-49)88-73(105)58-40-51(94)42-90(58)75(107)62(47(6)92)86-70(54)102/h13,15-16,20-21,24-27,43-47,51-59,61-66,92-95,97-98H,8-12,14,17-19,22-23,28-42,77-78H2,1-7H3,(H,79,99)(H,80,100)(H,81,91)(H,82,96)(H,83,101)(H,84,103)(H,85,104)(H,86,102)(H,87,106)(H,88,105). The molecule has 616 valence electrons. The van der Waals surface area contributed by atoms with E-state index in [0.29, 0.717) is 48.8 Å². The van der Waals surface area contributed by atoms with Crippen LogP contribution in [0.15, 0.2) is 54.6 Å². The molecule has 20 N–H and O–H groups in total. The van der Waals surface area contributed by atoms with Gasteiger partial charge in [-0.3, -0.25) is 57.5 Å². The van der Waals surface area contributed by atoms with E-state index >= 15 is 0 Å². The van der Waals surface area contributed by atoms with Gasteiger partial charge in [-0.25, -0.2) is 0 Å². The van der Waals surface area contributed by atoms with Crippen LogP contribution in [-0.2, 0) is 68.7 Å². The number of hydrogen-bond acceptors (Lipinski definition) is 22. The molecule has 5 rings (SSSR count). The van der Waals surface area contributed by atoms with Crippen molar-refractivity contribution in [3.63, 3.8) is 0 Å². The number of aliphatic hydroxyl groups excluding tert-OH is 5. The fourth-order valence-corrected chi connectivity index (χ4v) is 14.2. The van der Waals surface area contributed by atoms with E-state index in [4.69, 9.17) is 16.2 Å². The number of hydrogen-bond donors (Lipinski definition) is 18. The SMILES string of the molecule is CCC(C)CC(C)CCCCCCCCC(=O)NC1CCC(OCCNC(=O)C(N)CNC(=O)C(Cc2ccccc2)NC(=O)C(CC(C)C)NC(=O)C(CCSC)NC=O)NC(=O)C2CCCN2C(=O)C(C(O)CCN)NC(=O)C(C(O)C(O)c2ccc(O)cc2)NC(=O)C2CC(O)CN2C(=O)C(C(C)O)NC1=O. The van der Waals surface area contributed by atoms with Gasteiger partial charge in [-0.1, -0.05) is 122 Å². The lowest BCUT2D eigenvalue weighted by atomic mass is 9.91. The molecule has 12 amide bonds. The third-order valence-corrected chi connectivity index (χ3v) is 20.8. The first kappa shape index (κ1) is 92.5. The van der Waals surface area contributed by atoms with Gasteiger partial charge in [0.1, 0.15) is 84.6 Å². The van der Waals surface area contributed by atoms with Crippen LogP contribution in [-0.4, -0.2) is 254 Å². The largest absolute Gasteiger partial charge is 0.508 e. The van der Waals surface area contributed by atoms with Crippen molar-refractivity contribution in [3.8, 4) is 5.75 Å². The van der Waals surface area contributed by atoms with Crippen LogP contribution in [0.3, 0.4) is 0 Å². The van der Waals surface area contributed by atoms with Crippen molar-refractivity contribution in [1.29, 1.82) is 0 Å². The lowest BCUT2D eigenvalue weighted by Crippen LogP contribution is -2.64. The molecule has 3 fully saturated rings. The van der Waals surface area contributed by atoms with E-state index in [9.17, 15) is 88.2 Å². The van der Waals surface area contributed by atoms with Crippen LogP contribution in [0.25, 0.3) is 0 Å². The average Bonchev–Trinajstić information content (AvgIpc) is 1.50. The summed E-state index contributed by atoms with van der Waals surface area (Å²) in [5, 5.41) is 93.6. The number of nitrogens with zero attached hydrogens (tertiary/aromatic N) is 2. The monoisotopic (exact) mass is 1570 g/mol. The highest BCUT2D eigenvalue weighted by atomic mass is 32.2. The predicted molar refractivity (Wildman–Crippen MR) is 410 cm³/mol. The van der Waals surface area contributed by atoms with Gasteiger partial charge < -0.3 is 110 Å². The summed E-state index contributed by atoms with van der Waals surface area (Å²) in [4.78, 5) is 172. The summed E-state index contributed by atoms with van der Waals surface area (Å²) in [5.41, 5.74) is 12.8. The zero-order valence-corrected chi connectivity index (χ0v) is 65.4. The number of unbranched alkanes of at least 4 members (excludes halogenated alkanes) is 5. The Labute approximate surface area is 648 Å². The number of carbonyl (C=O) groups is 12. The van der Waals surface area contributed by atoms with Gasteiger partial charge in [0.25, 0.3) is 0 Å². The topological polar surface area (TPSA) is 514 Å². The molecule has 18 unspecified atom stereocenters. The van der Waals surface area contributed by atoms with Crippen molar-refractivity contribution in [2.24, 2.45) is 29.2 Å². The summed E-state index contributed by atoms with van der Waals surface area (Å²) in [6.45, 7) is 9.51. The number of nitrogens with two attached hydrogens (primary N) is 2. The van der Waals surface area contributed by atoms with Crippen LogP contribution in [0.2, 0.25) is 0 Å². The smallest absolute Gasteiger partial charge is 0.248 e. The van der Waals surface area contributed by atoms with E-state index in [1.165, 1.54) is 49.4 Å². The fourth-order valence-electron chi connectivity index (χ4n) is 13.7. The molecule has 18 atom stereocenters. The highest BCUT2D eigenvalue weighted by molar-refractivity contribution is 7.98. The molecule has 0 spiro atoms. The first-order valence-corrected chi connectivity index (χ1v) is 40.1. The number of benzene rings is 2. The third kappa shape index (κ3) is 30.2. The molecule has 0 radical (unpaired) electrons. The maximum absolute atomic E-state index is 15.0. The second kappa shape index (κ2) is 48.0. The zero-order valence-electron chi connectivity index (χ0n) is 64.6. The lowest BCUT2D eigenvalue weighted by molar-refractivity contribution is -0.147. The first-order chi connectivity index (χ1) is 52.4. The summed E-state index contributed by atoms with van der Waals surface area (Å²) in [6, 6.07) is -1.86. The van der Waals surface area contributed by atoms with Crippen LogP contribution in [0.4, 0.5) is 0 Å². The number of aliphatic hydroxyl groups is 5. The fraction of sp³-hybridized carbons (Fsp3) is 0.684. The number of rotatable bonds is 41. The van der Waals surface area contributed by atoms with Gasteiger partial charge >= 0.3 is 0 Å². The molecule has 0 bridgehead atoms. The quantitative estimate of drug-likeness (QED) is 0.0278. The van der Waals surface area contributed by atoms with Crippen molar-refractivity contribution >= 4 is 83.2 Å². The van der Waals surface area contributed by atoms with E-state index in [1.807, 2.05) is 20.1 Å². The summed E-state index contributed by atoms with van der Waals surface area (Å²) in [7, 11) is 0. The van der Waals surface area contributed by atoms with Gasteiger partial charge in [-0.05, 0) is 124 Å². The number of ether oxygens (including phenoxy) is 1.